The van der Waals surface area contributed by atoms with Gasteiger partial charge < -0.3 is 24.3 Å². The van der Waals surface area contributed by atoms with Crippen LogP contribution in [-0.4, -0.2) is 65.6 Å². The molecule has 0 saturated carbocycles. The van der Waals surface area contributed by atoms with Crippen LogP contribution in [0.25, 0.3) is 0 Å². The van der Waals surface area contributed by atoms with Crippen molar-refractivity contribution >= 4 is 27.6 Å². The predicted octanol–water partition coefficient (Wildman–Crippen LogP) is 2.85. The van der Waals surface area contributed by atoms with Crippen LogP contribution in [0.4, 0.5) is 5.69 Å². The van der Waals surface area contributed by atoms with Crippen LogP contribution >= 0.6 is 0 Å². The van der Waals surface area contributed by atoms with Gasteiger partial charge in [0.1, 0.15) is 0 Å². The van der Waals surface area contributed by atoms with Crippen LogP contribution in [0.15, 0.2) is 35.2 Å². The van der Waals surface area contributed by atoms with E-state index in [1.54, 1.807) is 32.9 Å². The molecule has 0 saturated heterocycles. The molecule has 0 radical (unpaired) electrons. The van der Waals surface area contributed by atoms with Crippen LogP contribution in [0.3, 0.4) is 0 Å². The van der Waals surface area contributed by atoms with E-state index in [0.717, 1.165) is 0 Å². The SMILES string of the molecule is CCN(CC)S(=O)(=O)c1cc(NC(=O)COC(=O)c2cc(OC)c(OC)c(OC)c2)ccc1C. The molecule has 0 aliphatic rings. The van der Waals surface area contributed by atoms with Gasteiger partial charge in [0.25, 0.3) is 5.91 Å². The molecule has 11 heteroatoms. The Bertz CT molecular complexity index is 1120. The van der Waals surface area contributed by atoms with Crippen LogP contribution in [0.5, 0.6) is 17.2 Å². The van der Waals surface area contributed by atoms with Gasteiger partial charge in [-0.25, -0.2) is 13.2 Å². The van der Waals surface area contributed by atoms with Crippen molar-refractivity contribution in [3.63, 3.8) is 0 Å². The number of methoxy groups -OCH3 is 3. The van der Waals surface area contributed by atoms with Crippen LogP contribution < -0.4 is 19.5 Å². The molecule has 0 aromatic heterocycles. The minimum atomic E-state index is -3.71. The third-order valence-electron chi connectivity index (χ3n) is 5.03. The summed E-state index contributed by atoms with van der Waals surface area (Å²) in [4.78, 5) is 24.9. The Morgan fingerprint density at radius 3 is 2.03 bits per heavy atom. The lowest BCUT2D eigenvalue weighted by Crippen LogP contribution is -2.31. The first-order valence-electron chi connectivity index (χ1n) is 10.5. The standard InChI is InChI=1S/C23H30N2O8S/c1-7-25(8-2)34(28,29)20-13-17(10-9-15(20)3)24-21(26)14-33-23(27)16-11-18(30-4)22(32-6)19(12-16)31-5/h9-13H,7-8,14H2,1-6H3,(H,24,26). The number of esters is 1. The molecular weight excluding hydrogens is 464 g/mol. The van der Waals surface area contributed by atoms with Crippen molar-refractivity contribution < 1.29 is 37.0 Å². The summed E-state index contributed by atoms with van der Waals surface area (Å²) in [5.74, 6) is -0.562. The first-order chi connectivity index (χ1) is 16.1. The molecule has 2 aromatic carbocycles. The summed E-state index contributed by atoms with van der Waals surface area (Å²) >= 11 is 0. The predicted molar refractivity (Wildman–Crippen MR) is 126 cm³/mol. The van der Waals surface area contributed by atoms with Crippen LogP contribution in [0, 0.1) is 6.92 Å². The van der Waals surface area contributed by atoms with Gasteiger partial charge in [0, 0.05) is 18.8 Å². The van der Waals surface area contributed by atoms with E-state index < -0.39 is 28.5 Å². The van der Waals surface area contributed by atoms with Crippen LogP contribution in [0.1, 0.15) is 29.8 Å². The van der Waals surface area contributed by atoms with E-state index in [1.807, 2.05) is 0 Å². The fourth-order valence-corrected chi connectivity index (χ4v) is 4.98. The van der Waals surface area contributed by atoms with E-state index in [4.69, 9.17) is 18.9 Å². The van der Waals surface area contributed by atoms with Gasteiger partial charge in [0.15, 0.2) is 18.1 Å². The lowest BCUT2D eigenvalue weighted by atomic mass is 10.2. The van der Waals surface area contributed by atoms with Crippen molar-refractivity contribution in [3.8, 4) is 17.2 Å². The number of carbonyl (C=O) groups excluding carboxylic acids is 2. The Kier molecular flexibility index (Phi) is 9.28. The fraction of sp³-hybridized carbons (Fsp3) is 0.391. The number of nitrogens with zero attached hydrogens (tertiary/aromatic N) is 1. The van der Waals surface area contributed by atoms with Crippen molar-refractivity contribution in [1.29, 1.82) is 0 Å². The Morgan fingerprint density at radius 1 is 0.941 bits per heavy atom. The van der Waals surface area contributed by atoms with Crippen molar-refractivity contribution in [1.82, 2.24) is 4.31 Å². The molecule has 2 rings (SSSR count). The zero-order valence-corrected chi connectivity index (χ0v) is 20.9. The maximum Gasteiger partial charge on any atom is 0.338 e. The highest BCUT2D eigenvalue weighted by Crippen LogP contribution is 2.38. The minimum Gasteiger partial charge on any atom is -0.493 e. The number of anilines is 1. The van der Waals surface area contributed by atoms with Gasteiger partial charge >= 0.3 is 5.97 Å². The molecule has 10 nitrogen and oxygen atoms in total. The highest BCUT2D eigenvalue weighted by Gasteiger charge is 2.24. The minimum absolute atomic E-state index is 0.100. The molecule has 0 aliphatic carbocycles. The summed E-state index contributed by atoms with van der Waals surface area (Å²) in [6, 6.07) is 7.39. The van der Waals surface area contributed by atoms with E-state index in [1.165, 1.54) is 43.8 Å². The van der Waals surface area contributed by atoms with Gasteiger partial charge in [-0.05, 0) is 36.8 Å². The van der Waals surface area contributed by atoms with Gasteiger partial charge in [-0.3, -0.25) is 4.79 Å². The third-order valence-corrected chi connectivity index (χ3v) is 7.22. The zero-order chi connectivity index (χ0) is 25.5. The number of sulfonamides is 1. The van der Waals surface area contributed by atoms with Crippen molar-refractivity contribution in [2.75, 3.05) is 46.3 Å². The average molecular weight is 495 g/mol. The maximum absolute atomic E-state index is 12.9. The molecule has 186 valence electrons. The smallest absolute Gasteiger partial charge is 0.338 e. The lowest BCUT2D eigenvalue weighted by Gasteiger charge is -2.20. The number of aryl methyl sites for hydroxylation is 1. The number of amides is 1. The molecule has 0 aliphatic heterocycles. The van der Waals surface area contributed by atoms with Crippen molar-refractivity contribution in [3.05, 3.63) is 41.5 Å². The Balaban J connectivity index is 2.14. The molecule has 0 heterocycles. The molecule has 0 unspecified atom stereocenters. The van der Waals surface area contributed by atoms with Crippen molar-refractivity contribution in [2.45, 2.75) is 25.7 Å². The van der Waals surface area contributed by atoms with E-state index in [0.29, 0.717) is 24.4 Å². The first-order valence-corrected chi connectivity index (χ1v) is 11.9. The van der Waals surface area contributed by atoms with E-state index in [2.05, 4.69) is 5.32 Å². The molecule has 0 atom stereocenters. The summed E-state index contributed by atoms with van der Waals surface area (Å²) in [6.45, 7) is 5.26. The largest absolute Gasteiger partial charge is 0.493 e. The fourth-order valence-electron chi connectivity index (χ4n) is 3.27. The monoisotopic (exact) mass is 494 g/mol. The first kappa shape index (κ1) is 26.9. The number of benzene rings is 2. The third kappa shape index (κ3) is 5.97. The lowest BCUT2D eigenvalue weighted by molar-refractivity contribution is -0.119. The number of rotatable bonds is 11. The molecule has 34 heavy (non-hydrogen) atoms. The van der Waals surface area contributed by atoms with Gasteiger partial charge in [-0.2, -0.15) is 4.31 Å². The van der Waals surface area contributed by atoms with Gasteiger partial charge in [-0.1, -0.05) is 19.9 Å². The molecule has 0 fully saturated rings. The van der Waals surface area contributed by atoms with Gasteiger partial charge in [0.2, 0.25) is 15.8 Å². The zero-order valence-electron chi connectivity index (χ0n) is 20.1. The number of hydrogen-bond donors (Lipinski definition) is 1. The van der Waals surface area contributed by atoms with Crippen molar-refractivity contribution in [2.24, 2.45) is 0 Å². The topological polar surface area (TPSA) is 120 Å². The average Bonchev–Trinajstić information content (AvgIpc) is 2.83. The molecule has 2 aromatic rings. The van der Waals surface area contributed by atoms with E-state index in [-0.39, 0.29) is 27.6 Å². The van der Waals surface area contributed by atoms with Gasteiger partial charge in [0.05, 0.1) is 31.8 Å². The quantitative estimate of drug-likeness (QED) is 0.474. The van der Waals surface area contributed by atoms with Gasteiger partial charge in [-0.15, -0.1) is 0 Å². The molecule has 1 amide bonds. The number of carbonyl (C=O) groups is 2. The number of hydrogen-bond acceptors (Lipinski definition) is 8. The summed E-state index contributed by atoms with van der Waals surface area (Å²) in [5, 5.41) is 2.56. The maximum atomic E-state index is 12.9. The van der Waals surface area contributed by atoms with Crippen LogP contribution in [0.2, 0.25) is 0 Å². The summed E-state index contributed by atoms with van der Waals surface area (Å²) in [5.41, 5.74) is 0.925. The molecular formula is C23H30N2O8S. The highest BCUT2D eigenvalue weighted by atomic mass is 32.2. The Hall–Kier alpha value is -3.31. The van der Waals surface area contributed by atoms with E-state index >= 15 is 0 Å². The second kappa shape index (κ2) is 11.7. The Labute approximate surface area is 199 Å². The molecule has 1 N–H and O–H groups in total. The second-order valence-corrected chi connectivity index (χ2v) is 9.01. The summed E-state index contributed by atoms with van der Waals surface area (Å²) < 4.78 is 47.9. The summed E-state index contributed by atoms with van der Waals surface area (Å²) in [7, 11) is 0.554. The number of nitrogens with one attached hydrogen (secondary N) is 1. The normalized spacial score (nSPS) is 11.1. The Morgan fingerprint density at radius 2 is 1.53 bits per heavy atom. The molecule has 0 spiro atoms. The highest BCUT2D eigenvalue weighted by molar-refractivity contribution is 7.89. The summed E-state index contributed by atoms with van der Waals surface area (Å²) in [6.07, 6.45) is 0. The number of ether oxygens (including phenoxy) is 4. The van der Waals surface area contributed by atoms with E-state index in [9.17, 15) is 18.0 Å². The molecule has 0 bridgehead atoms. The van der Waals surface area contributed by atoms with Crippen LogP contribution in [-0.2, 0) is 19.6 Å². The second-order valence-electron chi connectivity index (χ2n) is 7.11.